The van der Waals surface area contributed by atoms with Crippen LogP contribution >= 0.6 is 0 Å². The van der Waals surface area contributed by atoms with Crippen molar-refractivity contribution in [1.82, 2.24) is 14.5 Å². The normalized spacial score (nSPS) is 27.8. The number of benzene rings is 2. The molecule has 1 N–H and O–H groups in total. The molecule has 8 heteroatoms. The summed E-state index contributed by atoms with van der Waals surface area (Å²) in [6.07, 6.45) is 1.04. The summed E-state index contributed by atoms with van der Waals surface area (Å²) in [5.74, 6) is -0.783. The fraction of sp³-hybridized carbons (Fsp3) is 0.400. The van der Waals surface area contributed by atoms with Gasteiger partial charge in [-0.05, 0) is 35.1 Å². The van der Waals surface area contributed by atoms with Crippen LogP contribution in [0.25, 0.3) is 10.9 Å². The van der Waals surface area contributed by atoms with E-state index in [1.165, 1.54) is 16.4 Å². The zero-order valence-electron chi connectivity index (χ0n) is 22.3. The highest BCUT2D eigenvalue weighted by molar-refractivity contribution is 5.98. The Morgan fingerprint density at radius 1 is 1.16 bits per heavy atom. The summed E-state index contributed by atoms with van der Waals surface area (Å²) in [7, 11) is 0. The molecule has 4 atom stereocenters. The van der Waals surface area contributed by atoms with Crippen molar-refractivity contribution >= 4 is 28.4 Å². The van der Waals surface area contributed by atoms with E-state index in [1.54, 1.807) is 29.2 Å². The van der Waals surface area contributed by atoms with Gasteiger partial charge in [0, 0.05) is 19.0 Å². The van der Waals surface area contributed by atoms with Gasteiger partial charge in [-0.2, -0.15) is 0 Å². The molecule has 196 valence electrons. The van der Waals surface area contributed by atoms with Gasteiger partial charge in [0.05, 0.1) is 16.3 Å². The lowest BCUT2D eigenvalue weighted by atomic mass is 9.60. The Bertz CT molecular complexity index is 1610. The van der Waals surface area contributed by atoms with Gasteiger partial charge in [0.2, 0.25) is 17.5 Å². The van der Waals surface area contributed by atoms with Crippen LogP contribution in [-0.2, 0) is 20.7 Å². The van der Waals surface area contributed by atoms with Crippen molar-refractivity contribution < 1.29 is 14.7 Å². The minimum absolute atomic E-state index is 0.0474. The molecule has 4 heterocycles. The molecular formula is C30H32N4O4. The van der Waals surface area contributed by atoms with E-state index in [1.807, 2.05) is 58.0 Å². The fourth-order valence-corrected chi connectivity index (χ4v) is 7.19. The molecule has 38 heavy (non-hydrogen) atoms. The Labute approximate surface area is 221 Å². The molecule has 0 bridgehead atoms. The van der Waals surface area contributed by atoms with Gasteiger partial charge in [-0.25, -0.2) is 4.98 Å². The highest BCUT2D eigenvalue weighted by Gasteiger charge is 2.74. The van der Waals surface area contributed by atoms with Crippen molar-refractivity contribution in [1.29, 1.82) is 0 Å². The van der Waals surface area contributed by atoms with Crippen molar-refractivity contribution in [3.63, 3.8) is 0 Å². The van der Waals surface area contributed by atoms with Crippen LogP contribution in [0.5, 0.6) is 0 Å². The molecule has 3 aliphatic heterocycles. The smallest absolute Gasteiger partial charge is 0.262 e. The number of aliphatic hydroxyl groups is 1. The molecule has 1 aromatic heterocycles. The van der Waals surface area contributed by atoms with Gasteiger partial charge in [0.1, 0.15) is 12.2 Å². The minimum Gasteiger partial charge on any atom is -0.364 e. The number of fused-ring (bicyclic) bond motifs is 8. The van der Waals surface area contributed by atoms with Crippen LogP contribution in [0, 0.1) is 11.3 Å². The number of aromatic nitrogens is 2. The Kier molecular flexibility index (Phi) is 4.93. The minimum atomic E-state index is -1.93. The molecule has 1 fully saturated rings. The van der Waals surface area contributed by atoms with Crippen LogP contribution in [0.2, 0.25) is 0 Å². The molecule has 0 radical (unpaired) electrons. The summed E-state index contributed by atoms with van der Waals surface area (Å²) in [5, 5.41) is 13.1. The second-order valence-electron chi connectivity index (χ2n) is 11.7. The van der Waals surface area contributed by atoms with Gasteiger partial charge in [-0.15, -0.1) is 6.58 Å². The maximum atomic E-state index is 14.5. The molecule has 3 aromatic rings. The molecule has 1 saturated heterocycles. The maximum absolute atomic E-state index is 14.5. The molecule has 2 amide bonds. The van der Waals surface area contributed by atoms with E-state index in [0.29, 0.717) is 16.6 Å². The van der Waals surface area contributed by atoms with E-state index in [9.17, 15) is 19.5 Å². The predicted molar refractivity (Wildman–Crippen MR) is 144 cm³/mol. The van der Waals surface area contributed by atoms with Crippen molar-refractivity contribution in [3.8, 4) is 0 Å². The number of hydrogen-bond donors (Lipinski definition) is 1. The SMILES string of the molecule is C=CC(C)(C)[C@@]12C[C@@]3(O)c4nc5ccccc5c(=O)n4[C@H](C(C)C)C(=O)N3[C@@H]1N(C(C)=O)c1ccccc12. The standard InChI is InChI=1S/C30H32N4O4/c1-7-28(5,6)29-16-30(38)26-31-21-14-10-8-12-19(21)24(36)33(26)23(17(2)3)25(37)34(30)27(29)32(18(4)35)22-15-11-9-13-20(22)29/h7-15,17,23,27,38H,1,16H2,2-6H3/t23-,27+,29-,30-/m1/s1. The second kappa shape index (κ2) is 7.63. The van der Waals surface area contributed by atoms with E-state index in [2.05, 4.69) is 6.58 Å². The summed E-state index contributed by atoms with van der Waals surface area (Å²) in [6.45, 7) is 13.4. The topological polar surface area (TPSA) is 95.7 Å². The molecule has 0 saturated carbocycles. The lowest BCUT2D eigenvalue weighted by Gasteiger charge is -2.47. The summed E-state index contributed by atoms with van der Waals surface area (Å²) in [4.78, 5) is 49.6. The zero-order chi connectivity index (χ0) is 27.4. The number of anilines is 1. The summed E-state index contributed by atoms with van der Waals surface area (Å²) < 4.78 is 1.39. The van der Waals surface area contributed by atoms with E-state index in [-0.39, 0.29) is 29.6 Å². The Balaban J connectivity index is 1.75. The van der Waals surface area contributed by atoms with Crippen LogP contribution in [0.3, 0.4) is 0 Å². The maximum Gasteiger partial charge on any atom is 0.262 e. The largest absolute Gasteiger partial charge is 0.364 e. The number of rotatable bonds is 3. The molecule has 3 aliphatic rings. The molecule has 6 rings (SSSR count). The number of carbonyl (C=O) groups is 2. The van der Waals surface area contributed by atoms with Crippen LogP contribution in [-0.4, -0.2) is 37.5 Å². The first-order chi connectivity index (χ1) is 17.9. The zero-order valence-corrected chi connectivity index (χ0v) is 22.3. The molecule has 2 aromatic carbocycles. The van der Waals surface area contributed by atoms with E-state index in [0.717, 1.165) is 5.56 Å². The van der Waals surface area contributed by atoms with Crippen molar-refractivity contribution in [2.24, 2.45) is 11.3 Å². The van der Waals surface area contributed by atoms with Crippen molar-refractivity contribution in [2.75, 3.05) is 4.90 Å². The lowest BCUT2D eigenvalue weighted by Crippen LogP contribution is -2.64. The molecule has 0 spiro atoms. The number of allylic oxidation sites excluding steroid dienone is 1. The monoisotopic (exact) mass is 512 g/mol. The van der Waals surface area contributed by atoms with Gasteiger partial charge in [0.25, 0.3) is 5.56 Å². The van der Waals surface area contributed by atoms with E-state index < -0.39 is 34.7 Å². The van der Waals surface area contributed by atoms with Gasteiger partial charge in [-0.1, -0.05) is 64.1 Å². The summed E-state index contributed by atoms with van der Waals surface area (Å²) >= 11 is 0. The highest BCUT2D eigenvalue weighted by atomic mass is 16.3. The third kappa shape index (κ3) is 2.68. The number of hydrogen-bond acceptors (Lipinski definition) is 5. The van der Waals surface area contributed by atoms with Crippen LogP contribution < -0.4 is 10.5 Å². The van der Waals surface area contributed by atoms with E-state index >= 15 is 0 Å². The first-order valence-electron chi connectivity index (χ1n) is 13.0. The van der Waals surface area contributed by atoms with Crippen LogP contribution in [0.1, 0.15) is 58.5 Å². The summed E-state index contributed by atoms with van der Waals surface area (Å²) in [6, 6.07) is 13.7. The molecule has 0 aliphatic carbocycles. The number of amides is 2. The Morgan fingerprint density at radius 3 is 2.47 bits per heavy atom. The predicted octanol–water partition coefficient (Wildman–Crippen LogP) is 3.83. The van der Waals surface area contributed by atoms with E-state index in [4.69, 9.17) is 4.98 Å². The van der Waals surface area contributed by atoms with Crippen LogP contribution in [0.15, 0.2) is 66.0 Å². The average molecular weight is 513 g/mol. The Morgan fingerprint density at radius 2 is 1.82 bits per heavy atom. The van der Waals surface area contributed by atoms with Gasteiger partial charge >= 0.3 is 0 Å². The highest BCUT2D eigenvalue weighted by Crippen LogP contribution is 2.66. The van der Waals surface area contributed by atoms with Crippen molar-refractivity contribution in [2.45, 2.75) is 64.4 Å². The summed E-state index contributed by atoms with van der Waals surface area (Å²) in [5.41, 5.74) is -1.85. The Hall–Kier alpha value is -3.78. The third-order valence-electron chi connectivity index (χ3n) is 9.06. The molecule has 8 nitrogen and oxygen atoms in total. The lowest BCUT2D eigenvalue weighted by molar-refractivity contribution is -0.175. The van der Waals surface area contributed by atoms with Gasteiger partial charge in [0.15, 0.2) is 5.82 Å². The third-order valence-corrected chi connectivity index (χ3v) is 9.06. The quantitative estimate of drug-likeness (QED) is 0.538. The number of para-hydroxylation sites is 2. The number of nitrogens with zero attached hydrogens (tertiary/aromatic N) is 4. The first-order valence-corrected chi connectivity index (χ1v) is 13.0. The van der Waals surface area contributed by atoms with Crippen molar-refractivity contribution in [3.05, 3.63) is 82.9 Å². The molecular weight excluding hydrogens is 480 g/mol. The van der Waals surface area contributed by atoms with Gasteiger partial charge < -0.3 is 5.11 Å². The van der Waals surface area contributed by atoms with Crippen LogP contribution in [0.4, 0.5) is 5.69 Å². The first kappa shape index (κ1) is 24.6. The average Bonchev–Trinajstić information content (AvgIpc) is 3.32. The second-order valence-corrected chi connectivity index (χ2v) is 11.7. The van der Waals surface area contributed by atoms with Gasteiger partial charge in [-0.3, -0.25) is 28.8 Å². The fourth-order valence-electron chi connectivity index (χ4n) is 7.19. The number of carbonyl (C=O) groups excluding carboxylic acids is 2. The molecule has 0 unspecified atom stereocenters.